The minimum Gasteiger partial charge on any atom is -0.497 e. The fourth-order valence-corrected chi connectivity index (χ4v) is 3.75. The van der Waals surface area contributed by atoms with Crippen LogP contribution in [0, 0.1) is 6.92 Å². The van der Waals surface area contributed by atoms with Gasteiger partial charge in [-0.1, -0.05) is 12.1 Å². The zero-order valence-corrected chi connectivity index (χ0v) is 17.4. The van der Waals surface area contributed by atoms with Crippen molar-refractivity contribution in [1.29, 1.82) is 0 Å². The van der Waals surface area contributed by atoms with Crippen LogP contribution in [0.2, 0.25) is 0 Å². The van der Waals surface area contributed by atoms with Crippen LogP contribution in [0.1, 0.15) is 33.3 Å². The summed E-state index contributed by atoms with van der Waals surface area (Å²) in [5.41, 5.74) is 3.08. The molecular formula is C23H22N4O4. The maximum absolute atomic E-state index is 13.4. The lowest BCUT2D eigenvalue weighted by Crippen LogP contribution is -2.16. The number of carboxylic acids is 1. The van der Waals surface area contributed by atoms with E-state index in [1.165, 1.54) is 6.07 Å². The first-order chi connectivity index (χ1) is 14.9. The number of fused-ring (bicyclic) bond motifs is 1. The Morgan fingerprint density at radius 3 is 2.65 bits per heavy atom. The molecule has 4 rings (SSSR count). The first-order valence-electron chi connectivity index (χ1n) is 9.80. The van der Waals surface area contributed by atoms with Gasteiger partial charge in [0.2, 0.25) is 0 Å². The summed E-state index contributed by atoms with van der Waals surface area (Å²) in [6.07, 6.45) is 3.67. The monoisotopic (exact) mass is 418 g/mol. The largest absolute Gasteiger partial charge is 0.497 e. The molecule has 0 atom stereocenters. The maximum Gasteiger partial charge on any atom is 0.337 e. The van der Waals surface area contributed by atoms with E-state index in [1.54, 1.807) is 37.6 Å². The second kappa shape index (κ2) is 7.98. The van der Waals surface area contributed by atoms with E-state index >= 15 is 0 Å². The Bertz CT molecular complexity index is 1300. The molecule has 8 heteroatoms. The molecule has 31 heavy (non-hydrogen) atoms. The van der Waals surface area contributed by atoms with Gasteiger partial charge in [-0.25, -0.2) is 4.79 Å². The molecule has 2 aromatic heterocycles. The number of aryl methyl sites for hydroxylation is 1. The fourth-order valence-electron chi connectivity index (χ4n) is 3.75. The second-order valence-corrected chi connectivity index (χ2v) is 7.04. The van der Waals surface area contributed by atoms with Gasteiger partial charge in [0.1, 0.15) is 5.75 Å². The van der Waals surface area contributed by atoms with Crippen LogP contribution in [0.5, 0.6) is 5.75 Å². The number of carbonyl (C=O) groups is 2. The van der Waals surface area contributed by atoms with Gasteiger partial charge in [0.15, 0.2) is 0 Å². The van der Waals surface area contributed by atoms with Crippen LogP contribution in [-0.4, -0.2) is 38.4 Å². The number of carboxylic acid groups (broad SMARTS) is 1. The summed E-state index contributed by atoms with van der Waals surface area (Å²) in [7, 11) is 1.57. The lowest BCUT2D eigenvalue weighted by atomic mass is 10.1. The van der Waals surface area contributed by atoms with Crippen molar-refractivity contribution in [2.75, 3.05) is 12.4 Å². The second-order valence-electron chi connectivity index (χ2n) is 7.04. The highest BCUT2D eigenvalue weighted by molar-refractivity contribution is 6.16. The molecule has 0 aliphatic rings. The van der Waals surface area contributed by atoms with E-state index < -0.39 is 11.9 Å². The predicted octanol–water partition coefficient (Wildman–Crippen LogP) is 4.11. The quantitative estimate of drug-likeness (QED) is 0.491. The van der Waals surface area contributed by atoms with Crippen LogP contribution in [0.4, 0.5) is 5.69 Å². The smallest absolute Gasteiger partial charge is 0.337 e. The number of hydrogen-bond donors (Lipinski definition) is 2. The van der Waals surface area contributed by atoms with Crippen LogP contribution in [0.3, 0.4) is 0 Å². The number of aromatic nitrogens is 3. The van der Waals surface area contributed by atoms with Crippen molar-refractivity contribution < 1.29 is 19.4 Å². The molecule has 0 bridgehead atoms. The molecule has 0 saturated heterocycles. The topological polar surface area (TPSA) is 98.4 Å². The van der Waals surface area contributed by atoms with E-state index in [0.717, 1.165) is 17.7 Å². The molecule has 2 N–H and O–H groups in total. The number of hydrogen-bond acceptors (Lipinski definition) is 4. The maximum atomic E-state index is 13.4. The highest BCUT2D eigenvalue weighted by atomic mass is 16.5. The number of anilines is 1. The molecule has 158 valence electrons. The number of rotatable bonds is 6. The van der Waals surface area contributed by atoms with Crippen molar-refractivity contribution in [3.8, 4) is 11.4 Å². The van der Waals surface area contributed by atoms with Gasteiger partial charge >= 0.3 is 5.97 Å². The minimum absolute atomic E-state index is 0.0269. The molecule has 0 aliphatic carbocycles. The summed E-state index contributed by atoms with van der Waals surface area (Å²) in [5.74, 6) is -0.885. The van der Waals surface area contributed by atoms with Gasteiger partial charge in [0, 0.05) is 23.8 Å². The summed E-state index contributed by atoms with van der Waals surface area (Å²) in [6.45, 7) is 4.58. The number of nitrogens with zero attached hydrogens (tertiary/aromatic N) is 3. The Labute approximate surface area is 178 Å². The lowest BCUT2D eigenvalue weighted by Gasteiger charge is -2.09. The number of amides is 1. The number of nitrogens with one attached hydrogen (secondary N) is 1. The molecule has 0 saturated carbocycles. The third kappa shape index (κ3) is 3.52. The molecule has 0 radical (unpaired) electrons. The Morgan fingerprint density at radius 1 is 1.19 bits per heavy atom. The Kier molecular flexibility index (Phi) is 5.21. The highest BCUT2D eigenvalue weighted by Crippen LogP contribution is 2.32. The standard InChI is InChI=1S/C23H22N4O4/c1-4-26-13-15(12-24-26)27-14(2)21(18-11-16(31-3)9-10-20(18)27)22(28)25-19-8-6-5-7-17(19)23(29)30/h5-13H,4H2,1-3H3,(H,25,28)(H,29,30). The summed E-state index contributed by atoms with van der Waals surface area (Å²) in [6, 6.07) is 11.9. The Morgan fingerprint density at radius 2 is 1.97 bits per heavy atom. The number of benzene rings is 2. The molecule has 0 fully saturated rings. The molecule has 4 aromatic rings. The van der Waals surface area contributed by atoms with Crippen molar-refractivity contribution in [1.82, 2.24) is 14.3 Å². The van der Waals surface area contributed by atoms with E-state index in [9.17, 15) is 14.7 Å². The summed E-state index contributed by atoms with van der Waals surface area (Å²) >= 11 is 0. The normalized spacial score (nSPS) is 10.9. The number of ether oxygens (including phenoxy) is 1. The van der Waals surface area contributed by atoms with Crippen LogP contribution in [0.15, 0.2) is 54.9 Å². The summed E-state index contributed by atoms with van der Waals surface area (Å²) in [5, 5.41) is 17.3. The van der Waals surface area contributed by atoms with Gasteiger partial charge in [-0.05, 0) is 44.2 Å². The molecule has 2 aromatic carbocycles. The zero-order chi connectivity index (χ0) is 22.1. The van der Waals surface area contributed by atoms with Gasteiger partial charge < -0.3 is 19.7 Å². The van der Waals surface area contributed by atoms with Crippen molar-refractivity contribution in [2.45, 2.75) is 20.4 Å². The molecule has 0 aliphatic heterocycles. The fraction of sp³-hybridized carbons (Fsp3) is 0.174. The summed E-state index contributed by atoms with van der Waals surface area (Å²) < 4.78 is 9.14. The van der Waals surface area contributed by atoms with Crippen LogP contribution >= 0.6 is 0 Å². The van der Waals surface area contributed by atoms with Gasteiger partial charge in [0.25, 0.3) is 5.91 Å². The summed E-state index contributed by atoms with van der Waals surface area (Å²) in [4.78, 5) is 24.9. The van der Waals surface area contributed by atoms with Crippen molar-refractivity contribution in [3.63, 3.8) is 0 Å². The average Bonchev–Trinajstić information content (AvgIpc) is 3.34. The van der Waals surface area contributed by atoms with Crippen LogP contribution in [-0.2, 0) is 6.54 Å². The first kappa shape index (κ1) is 20.2. The van der Waals surface area contributed by atoms with Crippen molar-refractivity contribution in [3.05, 3.63) is 71.7 Å². The molecule has 0 unspecified atom stereocenters. The van der Waals surface area contributed by atoms with Gasteiger partial charge in [-0.2, -0.15) is 5.10 Å². The third-order valence-electron chi connectivity index (χ3n) is 5.25. The van der Waals surface area contributed by atoms with Gasteiger partial charge in [-0.15, -0.1) is 0 Å². The van der Waals surface area contributed by atoms with Crippen molar-refractivity contribution >= 4 is 28.5 Å². The van der Waals surface area contributed by atoms with E-state index in [4.69, 9.17) is 4.74 Å². The van der Waals surface area contributed by atoms with E-state index in [0.29, 0.717) is 22.4 Å². The third-order valence-corrected chi connectivity index (χ3v) is 5.25. The van der Waals surface area contributed by atoms with Gasteiger partial charge in [0.05, 0.1) is 41.3 Å². The molecule has 2 heterocycles. The van der Waals surface area contributed by atoms with E-state index in [2.05, 4.69) is 10.4 Å². The van der Waals surface area contributed by atoms with Crippen molar-refractivity contribution in [2.24, 2.45) is 0 Å². The Balaban J connectivity index is 1.88. The zero-order valence-electron chi connectivity index (χ0n) is 17.4. The number of methoxy groups -OCH3 is 1. The number of para-hydroxylation sites is 1. The number of aromatic carboxylic acids is 1. The highest BCUT2D eigenvalue weighted by Gasteiger charge is 2.23. The average molecular weight is 418 g/mol. The van der Waals surface area contributed by atoms with E-state index in [-0.39, 0.29) is 11.3 Å². The molecule has 0 spiro atoms. The molecule has 8 nitrogen and oxygen atoms in total. The first-order valence-corrected chi connectivity index (χ1v) is 9.80. The number of carbonyl (C=O) groups excluding carboxylic acids is 1. The SMILES string of the molecule is CCn1cc(-n2c(C)c(C(=O)Nc3ccccc3C(=O)O)c3cc(OC)ccc32)cn1. The van der Waals surface area contributed by atoms with Crippen LogP contribution in [0.25, 0.3) is 16.6 Å². The minimum atomic E-state index is -1.11. The van der Waals surface area contributed by atoms with Gasteiger partial charge in [-0.3, -0.25) is 9.48 Å². The molecule has 1 amide bonds. The van der Waals surface area contributed by atoms with E-state index in [1.807, 2.05) is 41.4 Å². The molecular weight excluding hydrogens is 396 g/mol. The lowest BCUT2D eigenvalue weighted by molar-refractivity contribution is 0.0698. The predicted molar refractivity (Wildman–Crippen MR) is 117 cm³/mol. The Hall–Kier alpha value is -4.07. The van der Waals surface area contributed by atoms with Crippen LogP contribution < -0.4 is 10.1 Å².